The molecule has 1 saturated heterocycles. The van der Waals surface area contributed by atoms with Crippen LogP contribution in [0.1, 0.15) is 6.42 Å². The number of rotatable bonds is 3. The fourth-order valence-corrected chi connectivity index (χ4v) is 6.50. The van der Waals surface area contributed by atoms with Crippen molar-refractivity contribution in [2.24, 2.45) is 7.05 Å². The van der Waals surface area contributed by atoms with E-state index in [9.17, 15) is 21.6 Å². The minimum Gasteiger partial charge on any atom is -0.408 e. The normalized spacial score (nSPS) is 20.9. The zero-order valence-electron chi connectivity index (χ0n) is 12.9. The highest BCUT2D eigenvalue weighted by atomic mass is 35.5. The van der Waals surface area contributed by atoms with Gasteiger partial charge in [0.05, 0.1) is 22.0 Å². The number of hydrogen-bond donors (Lipinski definition) is 0. The Morgan fingerprint density at radius 2 is 2.04 bits per heavy atom. The van der Waals surface area contributed by atoms with Gasteiger partial charge < -0.3 is 4.42 Å². The van der Waals surface area contributed by atoms with Gasteiger partial charge in [0, 0.05) is 26.2 Å². The predicted molar refractivity (Wildman–Crippen MR) is 88.5 cm³/mol. The van der Waals surface area contributed by atoms with Crippen molar-refractivity contribution in [1.82, 2.24) is 8.87 Å². The first kappa shape index (κ1) is 17.5. The molecular formula is C13H15ClN2O6S2. The topological polar surface area (TPSA) is 107 Å². The van der Waals surface area contributed by atoms with Crippen LogP contribution in [0.2, 0.25) is 5.02 Å². The standard InChI is InChI=1S/C13H15ClN2O6S2/c1-15-10-5-9(14)12(6-11(10)22-13(15)17)24(20,21)16(2)8-3-4-23(18,19)7-8/h5-6,8H,3-4,7H2,1-2H3. The van der Waals surface area contributed by atoms with Gasteiger partial charge in [-0.15, -0.1) is 0 Å². The van der Waals surface area contributed by atoms with Crippen LogP contribution in [0.3, 0.4) is 0 Å². The maximum absolute atomic E-state index is 12.8. The van der Waals surface area contributed by atoms with E-state index >= 15 is 0 Å². The molecule has 0 bridgehead atoms. The van der Waals surface area contributed by atoms with Crippen LogP contribution >= 0.6 is 11.6 Å². The molecule has 2 heterocycles. The first-order valence-corrected chi connectivity index (χ1v) is 10.6. The fourth-order valence-electron chi connectivity index (χ4n) is 2.74. The van der Waals surface area contributed by atoms with Crippen molar-refractivity contribution in [2.75, 3.05) is 18.6 Å². The van der Waals surface area contributed by atoms with Crippen LogP contribution in [0.4, 0.5) is 0 Å². The summed E-state index contributed by atoms with van der Waals surface area (Å²) < 4.78 is 56.0. The van der Waals surface area contributed by atoms with Crippen LogP contribution < -0.4 is 5.76 Å². The molecule has 0 radical (unpaired) electrons. The van der Waals surface area contributed by atoms with E-state index in [0.717, 1.165) is 4.31 Å². The lowest BCUT2D eigenvalue weighted by molar-refractivity contribution is 0.394. The summed E-state index contributed by atoms with van der Waals surface area (Å²) in [4.78, 5) is 11.3. The van der Waals surface area contributed by atoms with Gasteiger partial charge in [-0.3, -0.25) is 4.57 Å². The summed E-state index contributed by atoms with van der Waals surface area (Å²) in [5.41, 5.74) is 0.466. The molecule has 24 heavy (non-hydrogen) atoms. The minimum absolute atomic E-state index is 0.0438. The Hall–Kier alpha value is -1.36. The lowest BCUT2D eigenvalue weighted by Crippen LogP contribution is -2.37. The average Bonchev–Trinajstić information content (AvgIpc) is 2.98. The van der Waals surface area contributed by atoms with Gasteiger partial charge in [-0.25, -0.2) is 21.6 Å². The Morgan fingerprint density at radius 3 is 2.62 bits per heavy atom. The first-order valence-electron chi connectivity index (χ1n) is 7.00. The van der Waals surface area contributed by atoms with Gasteiger partial charge in [-0.05, 0) is 12.5 Å². The second-order valence-corrected chi connectivity index (χ2v) is 10.4. The van der Waals surface area contributed by atoms with Crippen molar-refractivity contribution < 1.29 is 21.3 Å². The van der Waals surface area contributed by atoms with Gasteiger partial charge in [0.1, 0.15) is 4.90 Å². The SMILES string of the molecule is CN(C1CCS(=O)(=O)C1)S(=O)(=O)c1cc2oc(=O)n(C)c2cc1Cl. The third-order valence-corrected chi connectivity index (χ3v) is 8.35. The van der Waals surface area contributed by atoms with E-state index in [0.29, 0.717) is 5.52 Å². The van der Waals surface area contributed by atoms with E-state index in [1.54, 1.807) is 0 Å². The van der Waals surface area contributed by atoms with E-state index < -0.39 is 31.7 Å². The Bertz CT molecular complexity index is 1080. The third kappa shape index (κ3) is 2.77. The second-order valence-electron chi connectivity index (χ2n) is 5.76. The van der Waals surface area contributed by atoms with E-state index in [4.69, 9.17) is 16.0 Å². The summed E-state index contributed by atoms with van der Waals surface area (Å²) in [7, 11) is -4.46. The highest BCUT2D eigenvalue weighted by molar-refractivity contribution is 7.92. The van der Waals surface area contributed by atoms with Crippen LogP contribution in [-0.2, 0) is 26.9 Å². The number of fused-ring (bicyclic) bond motifs is 1. The Labute approximate surface area is 143 Å². The number of sulfonamides is 1. The molecule has 0 saturated carbocycles. The number of benzene rings is 1. The lowest BCUT2D eigenvalue weighted by atomic mass is 10.3. The number of aromatic nitrogens is 1. The zero-order valence-corrected chi connectivity index (χ0v) is 15.3. The summed E-state index contributed by atoms with van der Waals surface area (Å²) in [6.07, 6.45) is 0.234. The quantitative estimate of drug-likeness (QED) is 0.754. The maximum Gasteiger partial charge on any atom is 0.419 e. The molecule has 8 nitrogen and oxygen atoms in total. The molecule has 1 unspecified atom stereocenters. The molecule has 0 N–H and O–H groups in total. The van der Waals surface area contributed by atoms with Crippen molar-refractivity contribution in [3.63, 3.8) is 0 Å². The molecule has 1 aromatic heterocycles. The van der Waals surface area contributed by atoms with E-state index in [-0.39, 0.29) is 33.4 Å². The van der Waals surface area contributed by atoms with Gasteiger partial charge in [0.15, 0.2) is 15.4 Å². The Morgan fingerprint density at radius 1 is 1.38 bits per heavy atom. The molecule has 0 aliphatic carbocycles. The molecule has 0 spiro atoms. The first-order chi connectivity index (χ1) is 11.0. The van der Waals surface area contributed by atoms with Crippen LogP contribution in [0.5, 0.6) is 0 Å². The molecule has 1 fully saturated rings. The largest absolute Gasteiger partial charge is 0.419 e. The van der Waals surface area contributed by atoms with Gasteiger partial charge >= 0.3 is 5.76 Å². The van der Waals surface area contributed by atoms with Crippen molar-refractivity contribution >= 4 is 42.6 Å². The molecule has 3 rings (SSSR count). The number of hydrogen-bond acceptors (Lipinski definition) is 6. The molecule has 1 atom stereocenters. The summed E-state index contributed by atoms with van der Waals surface area (Å²) in [6.45, 7) is 0. The number of halogens is 1. The fraction of sp³-hybridized carbons (Fsp3) is 0.462. The average molecular weight is 395 g/mol. The molecule has 132 valence electrons. The number of oxazole rings is 1. The summed E-state index contributed by atoms with van der Waals surface area (Å²) in [5.74, 6) is -0.896. The number of nitrogens with zero attached hydrogens (tertiary/aromatic N) is 2. The smallest absolute Gasteiger partial charge is 0.408 e. The minimum atomic E-state index is -4.03. The molecule has 0 amide bonds. The van der Waals surface area contributed by atoms with Crippen molar-refractivity contribution in [2.45, 2.75) is 17.4 Å². The zero-order chi connectivity index (χ0) is 17.9. The summed E-state index contributed by atoms with van der Waals surface area (Å²) in [5, 5.41) is -0.0633. The van der Waals surface area contributed by atoms with Crippen molar-refractivity contribution in [1.29, 1.82) is 0 Å². The molecular weight excluding hydrogens is 380 g/mol. The number of sulfone groups is 1. The highest BCUT2D eigenvalue weighted by Crippen LogP contribution is 2.31. The van der Waals surface area contributed by atoms with Crippen LogP contribution in [0, 0.1) is 0 Å². The lowest BCUT2D eigenvalue weighted by Gasteiger charge is -2.23. The second kappa shape index (κ2) is 5.58. The van der Waals surface area contributed by atoms with E-state index in [1.165, 1.54) is 30.8 Å². The van der Waals surface area contributed by atoms with Crippen LogP contribution in [-0.4, -0.2) is 50.3 Å². The molecule has 1 aliphatic heterocycles. The summed E-state index contributed by atoms with van der Waals surface area (Å²) >= 11 is 6.09. The highest BCUT2D eigenvalue weighted by Gasteiger charge is 2.37. The predicted octanol–water partition coefficient (Wildman–Crippen LogP) is 0.592. The van der Waals surface area contributed by atoms with Gasteiger partial charge in [0.2, 0.25) is 10.0 Å². The summed E-state index contributed by atoms with van der Waals surface area (Å²) in [6, 6.07) is 1.89. The molecule has 1 aromatic carbocycles. The van der Waals surface area contributed by atoms with Gasteiger partial charge in [0.25, 0.3) is 0 Å². The number of aryl methyl sites for hydroxylation is 1. The third-order valence-electron chi connectivity index (χ3n) is 4.23. The van der Waals surface area contributed by atoms with Gasteiger partial charge in [-0.2, -0.15) is 4.31 Å². The van der Waals surface area contributed by atoms with E-state index in [2.05, 4.69) is 0 Å². The van der Waals surface area contributed by atoms with Crippen LogP contribution in [0.25, 0.3) is 11.1 Å². The van der Waals surface area contributed by atoms with Crippen molar-refractivity contribution in [3.8, 4) is 0 Å². The molecule has 1 aliphatic rings. The Kier molecular flexibility index (Phi) is 4.06. The molecule has 11 heteroatoms. The van der Waals surface area contributed by atoms with Gasteiger partial charge in [-0.1, -0.05) is 11.6 Å². The van der Waals surface area contributed by atoms with Crippen LogP contribution in [0.15, 0.2) is 26.2 Å². The monoisotopic (exact) mass is 394 g/mol. The Balaban J connectivity index is 2.08. The maximum atomic E-state index is 12.8. The van der Waals surface area contributed by atoms with Crippen molar-refractivity contribution in [3.05, 3.63) is 27.7 Å². The molecule has 2 aromatic rings. The van der Waals surface area contributed by atoms with E-state index in [1.807, 2.05) is 0 Å².